The van der Waals surface area contributed by atoms with E-state index in [0.29, 0.717) is 13.1 Å². The van der Waals surface area contributed by atoms with Crippen LogP contribution in [0, 0.1) is 0 Å². The molecule has 0 fully saturated rings. The highest BCUT2D eigenvalue weighted by molar-refractivity contribution is 5.79. The van der Waals surface area contributed by atoms with Gasteiger partial charge in [0, 0.05) is 18.3 Å². The lowest BCUT2D eigenvalue weighted by atomic mass is 10.1. The summed E-state index contributed by atoms with van der Waals surface area (Å²) in [6.45, 7) is 3.87. The maximum absolute atomic E-state index is 4.68. The van der Waals surface area contributed by atoms with E-state index in [0.717, 1.165) is 40.9 Å². The van der Waals surface area contributed by atoms with E-state index in [1.54, 1.807) is 0 Å². The topological polar surface area (TPSA) is 108 Å². The van der Waals surface area contributed by atoms with Gasteiger partial charge in [-0.3, -0.25) is 9.50 Å². The zero-order chi connectivity index (χ0) is 19.2. The van der Waals surface area contributed by atoms with Gasteiger partial charge >= 0.3 is 0 Å². The van der Waals surface area contributed by atoms with Gasteiger partial charge in [0.15, 0.2) is 23.3 Å². The molecule has 0 unspecified atom stereocenters. The molecule has 3 heterocycles. The first-order valence-electron chi connectivity index (χ1n) is 9.09. The lowest BCUT2D eigenvalue weighted by Crippen LogP contribution is -2.37. The van der Waals surface area contributed by atoms with Crippen LogP contribution in [0.1, 0.15) is 18.3 Å². The molecule has 9 heteroatoms. The lowest BCUT2D eigenvalue weighted by molar-refractivity contribution is 0.765. The van der Waals surface area contributed by atoms with Crippen molar-refractivity contribution in [3.05, 3.63) is 66.4 Å². The summed E-state index contributed by atoms with van der Waals surface area (Å²) in [5, 5.41) is 21.8. The molecular weight excluding hydrogens is 354 g/mol. The highest BCUT2D eigenvalue weighted by Gasteiger charge is 2.06. The van der Waals surface area contributed by atoms with Crippen LogP contribution in [0.3, 0.4) is 0 Å². The summed E-state index contributed by atoms with van der Waals surface area (Å²) in [4.78, 5) is 8.87. The average molecular weight is 375 g/mol. The highest BCUT2D eigenvalue weighted by atomic mass is 15.3. The molecule has 0 saturated carbocycles. The molecule has 3 aromatic heterocycles. The Morgan fingerprint density at radius 2 is 2.11 bits per heavy atom. The van der Waals surface area contributed by atoms with Gasteiger partial charge in [0.2, 0.25) is 0 Å². The second-order valence-corrected chi connectivity index (χ2v) is 6.13. The molecule has 0 aliphatic carbocycles. The first-order valence-corrected chi connectivity index (χ1v) is 9.09. The summed E-state index contributed by atoms with van der Waals surface area (Å²) in [7, 11) is 0. The molecule has 142 valence electrons. The minimum absolute atomic E-state index is 0.523. The predicted octanol–water partition coefficient (Wildman–Crippen LogP) is 1.77. The van der Waals surface area contributed by atoms with E-state index in [4.69, 9.17) is 0 Å². The molecule has 0 amide bonds. The van der Waals surface area contributed by atoms with Crippen LogP contribution in [0.5, 0.6) is 0 Å². The molecule has 0 atom stereocenters. The van der Waals surface area contributed by atoms with Gasteiger partial charge in [0.1, 0.15) is 6.33 Å². The zero-order valence-electron chi connectivity index (χ0n) is 15.5. The van der Waals surface area contributed by atoms with Gasteiger partial charge in [-0.1, -0.05) is 24.3 Å². The molecule has 9 nitrogen and oxygen atoms in total. The van der Waals surface area contributed by atoms with E-state index in [-0.39, 0.29) is 0 Å². The van der Waals surface area contributed by atoms with Crippen LogP contribution in [-0.4, -0.2) is 42.3 Å². The normalized spacial score (nSPS) is 11.7. The number of guanidine groups is 1. The molecule has 0 saturated heterocycles. The summed E-state index contributed by atoms with van der Waals surface area (Å²) < 4.78 is 1.96. The van der Waals surface area contributed by atoms with Gasteiger partial charge in [-0.05, 0) is 30.7 Å². The molecular formula is C19H21N9. The second-order valence-electron chi connectivity index (χ2n) is 6.13. The standard InChI is InChI=1S/C19H21N9/c1-2-20-19(22-12-17-26-25-16-8-3-4-9-28(16)17)21-11-14-6-5-7-15(10-14)18-23-13-24-27-18/h3-10,13H,2,11-12H2,1H3,(H2,20,21,22)(H,23,24,27). The van der Waals surface area contributed by atoms with Crippen molar-refractivity contribution in [2.75, 3.05) is 6.54 Å². The maximum atomic E-state index is 4.68. The van der Waals surface area contributed by atoms with Crippen molar-refractivity contribution in [1.82, 2.24) is 40.4 Å². The van der Waals surface area contributed by atoms with E-state index in [1.165, 1.54) is 6.33 Å². The van der Waals surface area contributed by atoms with E-state index in [2.05, 4.69) is 47.1 Å². The Morgan fingerprint density at radius 3 is 2.96 bits per heavy atom. The van der Waals surface area contributed by atoms with Crippen molar-refractivity contribution in [2.24, 2.45) is 4.99 Å². The minimum atomic E-state index is 0.523. The van der Waals surface area contributed by atoms with Crippen LogP contribution in [0.4, 0.5) is 0 Å². The molecule has 4 rings (SSSR count). The van der Waals surface area contributed by atoms with E-state index in [1.807, 2.05) is 53.9 Å². The molecule has 0 bridgehead atoms. The summed E-state index contributed by atoms with van der Waals surface area (Å²) in [6, 6.07) is 13.9. The third-order valence-electron chi connectivity index (χ3n) is 4.18. The second kappa shape index (κ2) is 8.30. The summed E-state index contributed by atoms with van der Waals surface area (Å²) in [6.07, 6.45) is 3.45. The van der Waals surface area contributed by atoms with Crippen molar-refractivity contribution >= 4 is 11.6 Å². The zero-order valence-corrected chi connectivity index (χ0v) is 15.5. The van der Waals surface area contributed by atoms with Crippen molar-refractivity contribution in [3.8, 4) is 11.4 Å². The third kappa shape index (κ3) is 3.98. The van der Waals surface area contributed by atoms with E-state index >= 15 is 0 Å². The third-order valence-corrected chi connectivity index (χ3v) is 4.18. The first-order chi connectivity index (χ1) is 13.8. The largest absolute Gasteiger partial charge is 0.357 e. The number of benzene rings is 1. The van der Waals surface area contributed by atoms with Gasteiger partial charge in [0.05, 0.1) is 13.1 Å². The van der Waals surface area contributed by atoms with E-state index < -0.39 is 0 Å². The average Bonchev–Trinajstić information content (AvgIpc) is 3.41. The van der Waals surface area contributed by atoms with Crippen LogP contribution in [-0.2, 0) is 13.1 Å². The summed E-state index contributed by atoms with van der Waals surface area (Å²) >= 11 is 0. The molecule has 4 aromatic rings. The van der Waals surface area contributed by atoms with Crippen molar-refractivity contribution in [1.29, 1.82) is 0 Å². The monoisotopic (exact) mass is 375 g/mol. The number of rotatable bonds is 6. The van der Waals surface area contributed by atoms with Gasteiger partial charge in [-0.25, -0.2) is 9.98 Å². The van der Waals surface area contributed by atoms with Crippen LogP contribution < -0.4 is 10.6 Å². The Bertz CT molecular complexity index is 1070. The van der Waals surface area contributed by atoms with Crippen molar-refractivity contribution < 1.29 is 0 Å². The number of hydrogen-bond acceptors (Lipinski definition) is 5. The molecule has 0 radical (unpaired) electrons. The molecule has 28 heavy (non-hydrogen) atoms. The molecule has 0 aliphatic rings. The number of nitrogens with zero attached hydrogens (tertiary/aromatic N) is 6. The number of hydrogen-bond donors (Lipinski definition) is 3. The minimum Gasteiger partial charge on any atom is -0.357 e. The van der Waals surface area contributed by atoms with Gasteiger partial charge in [-0.15, -0.1) is 10.2 Å². The lowest BCUT2D eigenvalue weighted by Gasteiger charge is -2.10. The highest BCUT2D eigenvalue weighted by Crippen LogP contribution is 2.15. The van der Waals surface area contributed by atoms with Crippen LogP contribution in [0.15, 0.2) is 60.0 Å². The number of fused-ring (bicyclic) bond motifs is 1. The van der Waals surface area contributed by atoms with Gasteiger partial charge in [-0.2, -0.15) is 5.10 Å². The number of aliphatic imine (C=N–C) groups is 1. The SMILES string of the molecule is CCNC(=NCc1cccc(-c2ncn[nH]2)c1)NCc1nnc2ccccn12. The predicted molar refractivity (Wildman–Crippen MR) is 106 cm³/mol. The number of pyridine rings is 1. The van der Waals surface area contributed by atoms with Crippen molar-refractivity contribution in [3.63, 3.8) is 0 Å². The number of H-pyrrole nitrogens is 1. The Kier molecular flexibility index (Phi) is 5.23. The molecule has 1 aromatic carbocycles. The van der Waals surface area contributed by atoms with Crippen molar-refractivity contribution in [2.45, 2.75) is 20.0 Å². The van der Waals surface area contributed by atoms with Crippen LogP contribution in [0.25, 0.3) is 17.0 Å². The Labute approximate surface area is 162 Å². The van der Waals surface area contributed by atoms with Gasteiger partial charge in [0.25, 0.3) is 0 Å². The fourth-order valence-electron chi connectivity index (χ4n) is 2.85. The first kappa shape index (κ1) is 17.7. The van der Waals surface area contributed by atoms with Crippen LogP contribution >= 0.6 is 0 Å². The van der Waals surface area contributed by atoms with Gasteiger partial charge < -0.3 is 10.6 Å². The quantitative estimate of drug-likeness (QED) is 0.350. The fourth-order valence-corrected chi connectivity index (χ4v) is 2.85. The maximum Gasteiger partial charge on any atom is 0.191 e. The Balaban J connectivity index is 1.45. The smallest absolute Gasteiger partial charge is 0.191 e. The number of aromatic nitrogens is 6. The fraction of sp³-hybridized carbons (Fsp3) is 0.211. The molecule has 3 N–H and O–H groups in total. The molecule has 0 aliphatic heterocycles. The van der Waals surface area contributed by atoms with Crippen LogP contribution in [0.2, 0.25) is 0 Å². The number of nitrogens with one attached hydrogen (secondary N) is 3. The Hall–Kier alpha value is -3.75. The molecule has 0 spiro atoms. The van der Waals surface area contributed by atoms with E-state index in [9.17, 15) is 0 Å². The summed E-state index contributed by atoms with van der Waals surface area (Å²) in [5.74, 6) is 2.29. The Morgan fingerprint density at radius 1 is 1.14 bits per heavy atom. The number of aromatic amines is 1. The summed E-state index contributed by atoms with van der Waals surface area (Å²) in [5.41, 5.74) is 2.89.